The third-order valence-electron chi connectivity index (χ3n) is 4.42. The Balaban J connectivity index is 1.60. The lowest BCUT2D eigenvalue weighted by Crippen LogP contribution is -2.17. The number of benzene rings is 1. The van der Waals surface area contributed by atoms with Gasteiger partial charge in [0.2, 0.25) is 5.91 Å². The summed E-state index contributed by atoms with van der Waals surface area (Å²) in [6.07, 6.45) is 0.804. The van der Waals surface area contributed by atoms with Gasteiger partial charge in [0.15, 0.2) is 15.0 Å². The molecule has 1 atom stereocenters. The van der Waals surface area contributed by atoms with Crippen LogP contribution in [0.2, 0.25) is 0 Å². The van der Waals surface area contributed by atoms with Gasteiger partial charge in [0, 0.05) is 17.4 Å². The third kappa shape index (κ3) is 4.67. The maximum absolute atomic E-state index is 12.1. The van der Waals surface area contributed by atoms with E-state index in [2.05, 4.69) is 36.3 Å². The fourth-order valence-electron chi connectivity index (χ4n) is 2.97. The van der Waals surface area contributed by atoms with Crippen LogP contribution in [0.25, 0.3) is 11.3 Å². The average molecular weight is 379 g/mol. The highest BCUT2D eigenvalue weighted by Crippen LogP contribution is 2.27. The molecule has 1 aromatic heterocycles. The van der Waals surface area contributed by atoms with Crippen molar-refractivity contribution in [2.24, 2.45) is 5.92 Å². The van der Waals surface area contributed by atoms with E-state index in [0.29, 0.717) is 17.5 Å². The fourth-order valence-corrected chi connectivity index (χ4v) is 5.57. The summed E-state index contributed by atoms with van der Waals surface area (Å²) < 4.78 is 22.9. The van der Waals surface area contributed by atoms with Gasteiger partial charge in [-0.2, -0.15) is 0 Å². The number of nitrogens with zero attached hydrogens (tertiary/aromatic N) is 1. The minimum Gasteiger partial charge on any atom is -0.302 e. The zero-order chi connectivity index (χ0) is 18.0. The number of rotatable bonds is 5. The average Bonchev–Trinajstić information content (AvgIpc) is 3.13. The number of carbonyl (C=O) groups excluding carboxylic acids is 1. The number of thiazole rings is 1. The first-order chi connectivity index (χ1) is 11.8. The number of aromatic nitrogens is 1. The largest absolute Gasteiger partial charge is 0.302 e. The smallest absolute Gasteiger partial charge is 0.226 e. The number of carbonyl (C=O) groups is 1. The molecule has 2 heterocycles. The molecular weight excluding hydrogens is 356 g/mol. The zero-order valence-electron chi connectivity index (χ0n) is 14.4. The van der Waals surface area contributed by atoms with E-state index in [1.165, 1.54) is 16.9 Å². The van der Waals surface area contributed by atoms with E-state index in [4.69, 9.17) is 0 Å². The monoisotopic (exact) mass is 378 g/mol. The summed E-state index contributed by atoms with van der Waals surface area (Å²) in [6, 6.07) is 8.27. The van der Waals surface area contributed by atoms with Crippen LogP contribution in [0.4, 0.5) is 5.13 Å². The fraction of sp³-hybridized carbons (Fsp3) is 0.444. The minimum absolute atomic E-state index is 0.0759. The minimum atomic E-state index is -2.95. The van der Waals surface area contributed by atoms with E-state index < -0.39 is 9.84 Å². The Morgan fingerprint density at radius 2 is 2.04 bits per heavy atom. The predicted molar refractivity (Wildman–Crippen MR) is 102 cm³/mol. The van der Waals surface area contributed by atoms with Crippen LogP contribution < -0.4 is 5.32 Å². The van der Waals surface area contributed by atoms with Crippen molar-refractivity contribution in [1.29, 1.82) is 0 Å². The van der Waals surface area contributed by atoms with Gasteiger partial charge in [0.05, 0.1) is 17.2 Å². The quantitative estimate of drug-likeness (QED) is 0.861. The lowest BCUT2D eigenvalue weighted by Gasteiger charge is -2.06. The van der Waals surface area contributed by atoms with E-state index >= 15 is 0 Å². The Hall–Kier alpha value is -1.73. The standard InChI is InChI=1S/C18H22N2O3S2/c1-12(2)14-3-5-15(6-4-14)16-10-24-18(19-16)20-17(21)9-13-7-8-25(22,23)11-13/h3-6,10,12-13H,7-9,11H2,1-2H3,(H,19,20,21)/t13-/m0/s1. The summed E-state index contributed by atoms with van der Waals surface area (Å²) in [6.45, 7) is 4.31. The molecule has 0 radical (unpaired) electrons. The molecule has 1 aliphatic heterocycles. The van der Waals surface area contributed by atoms with E-state index in [1.807, 2.05) is 17.5 Å². The molecule has 25 heavy (non-hydrogen) atoms. The molecule has 2 aromatic rings. The van der Waals surface area contributed by atoms with Crippen molar-refractivity contribution < 1.29 is 13.2 Å². The Morgan fingerprint density at radius 3 is 2.64 bits per heavy atom. The Bertz CT molecular complexity index is 855. The van der Waals surface area contributed by atoms with Gasteiger partial charge in [-0.25, -0.2) is 13.4 Å². The van der Waals surface area contributed by atoms with Crippen LogP contribution in [-0.2, 0) is 14.6 Å². The van der Waals surface area contributed by atoms with Crippen molar-refractivity contribution in [1.82, 2.24) is 4.98 Å². The molecule has 134 valence electrons. The van der Waals surface area contributed by atoms with Gasteiger partial charge < -0.3 is 5.32 Å². The zero-order valence-corrected chi connectivity index (χ0v) is 16.0. The number of sulfone groups is 1. The molecule has 0 saturated carbocycles. The highest BCUT2D eigenvalue weighted by Gasteiger charge is 2.29. The highest BCUT2D eigenvalue weighted by atomic mass is 32.2. The van der Waals surface area contributed by atoms with Crippen molar-refractivity contribution >= 4 is 32.2 Å². The van der Waals surface area contributed by atoms with Crippen LogP contribution in [0.1, 0.15) is 38.2 Å². The first-order valence-corrected chi connectivity index (χ1v) is 11.1. The molecule has 1 saturated heterocycles. The molecule has 0 spiro atoms. The molecule has 3 rings (SSSR count). The SMILES string of the molecule is CC(C)c1ccc(-c2csc(NC(=O)C[C@@H]3CCS(=O)(=O)C3)n2)cc1. The van der Waals surface area contributed by atoms with Crippen LogP contribution in [0.3, 0.4) is 0 Å². The third-order valence-corrected chi connectivity index (χ3v) is 7.02. The summed E-state index contributed by atoms with van der Waals surface area (Å²) in [5.74, 6) is 0.551. The summed E-state index contributed by atoms with van der Waals surface area (Å²) in [7, 11) is -2.95. The van der Waals surface area contributed by atoms with Gasteiger partial charge in [-0.15, -0.1) is 11.3 Å². The Labute approximate surface area is 152 Å². The van der Waals surface area contributed by atoms with E-state index in [-0.39, 0.29) is 29.8 Å². The highest BCUT2D eigenvalue weighted by molar-refractivity contribution is 7.91. The maximum atomic E-state index is 12.1. The summed E-state index contributed by atoms with van der Waals surface area (Å²) >= 11 is 1.38. The van der Waals surface area contributed by atoms with Gasteiger partial charge in [-0.1, -0.05) is 38.1 Å². The lowest BCUT2D eigenvalue weighted by atomic mass is 10.0. The van der Waals surface area contributed by atoms with E-state index in [9.17, 15) is 13.2 Å². The normalized spacial score (nSPS) is 19.2. The molecule has 5 nitrogen and oxygen atoms in total. The number of hydrogen-bond donors (Lipinski definition) is 1. The molecular formula is C18H22N2O3S2. The second kappa shape index (κ2) is 7.25. The van der Waals surface area contributed by atoms with Crippen LogP contribution in [0.5, 0.6) is 0 Å². The van der Waals surface area contributed by atoms with Crippen molar-refractivity contribution in [3.05, 3.63) is 35.2 Å². The van der Waals surface area contributed by atoms with E-state index in [0.717, 1.165) is 11.3 Å². The molecule has 0 unspecified atom stereocenters. The van der Waals surface area contributed by atoms with Crippen molar-refractivity contribution in [3.63, 3.8) is 0 Å². The first kappa shape index (κ1) is 18.1. The number of anilines is 1. The van der Waals surface area contributed by atoms with Gasteiger partial charge in [-0.05, 0) is 23.8 Å². The van der Waals surface area contributed by atoms with Gasteiger partial charge in [0.1, 0.15) is 0 Å². The molecule has 0 aliphatic carbocycles. The van der Waals surface area contributed by atoms with Crippen LogP contribution in [-0.4, -0.2) is 30.8 Å². The number of nitrogens with one attached hydrogen (secondary N) is 1. The van der Waals surface area contributed by atoms with E-state index in [1.54, 1.807) is 0 Å². The topological polar surface area (TPSA) is 76.1 Å². The second-order valence-corrected chi connectivity index (χ2v) is 9.92. The van der Waals surface area contributed by atoms with Gasteiger partial charge >= 0.3 is 0 Å². The second-order valence-electron chi connectivity index (χ2n) is 6.84. The van der Waals surface area contributed by atoms with Crippen molar-refractivity contribution in [2.75, 3.05) is 16.8 Å². The lowest BCUT2D eigenvalue weighted by molar-refractivity contribution is -0.116. The summed E-state index contributed by atoms with van der Waals surface area (Å²) in [5.41, 5.74) is 3.13. The van der Waals surface area contributed by atoms with Crippen molar-refractivity contribution in [3.8, 4) is 11.3 Å². The molecule has 1 aliphatic rings. The number of hydrogen-bond acceptors (Lipinski definition) is 5. The van der Waals surface area contributed by atoms with Crippen LogP contribution in [0.15, 0.2) is 29.6 Å². The van der Waals surface area contributed by atoms with Crippen LogP contribution >= 0.6 is 11.3 Å². The Kier molecular flexibility index (Phi) is 5.24. The molecule has 1 amide bonds. The molecule has 1 N–H and O–H groups in total. The number of amides is 1. The Morgan fingerprint density at radius 1 is 1.32 bits per heavy atom. The molecule has 1 fully saturated rings. The van der Waals surface area contributed by atoms with Crippen LogP contribution in [0, 0.1) is 5.92 Å². The van der Waals surface area contributed by atoms with Gasteiger partial charge in [-0.3, -0.25) is 4.79 Å². The molecule has 0 bridgehead atoms. The predicted octanol–water partition coefficient (Wildman–Crippen LogP) is 3.70. The van der Waals surface area contributed by atoms with Gasteiger partial charge in [0.25, 0.3) is 0 Å². The maximum Gasteiger partial charge on any atom is 0.226 e. The van der Waals surface area contributed by atoms with Crippen molar-refractivity contribution in [2.45, 2.75) is 32.6 Å². The molecule has 7 heteroatoms. The summed E-state index contributed by atoms with van der Waals surface area (Å²) in [5, 5.41) is 5.26. The molecule has 1 aromatic carbocycles. The summed E-state index contributed by atoms with van der Waals surface area (Å²) in [4.78, 5) is 16.6. The first-order valence-electron chi connectivity index (χ1n) is 8.38.